The van der Waals surface area contributed by atoms with Crippen molar-refractivity contribution in [3.63, 3.8) is 0 Å². The summed E-state index contributed by atoms with van der Waals surface area (Å²) in [4.78, 5) is 0. The number of benzene rings is 1. The van der Waals surface area contributed by atoms with Gasteiger partial charge in [0.1, 0.15) is 0 Å². The molecule has 82 valence electrons. The van der Waals surface area contributed by atoms with Gasteiger partial charge in [0.25, 0.3) is 0 Å². The van der Waals surface area contributed by atoms with Crippen molar-refractivity contribution < 1.29 is 8.78 Å². The molecule has 1 aliphatic rings. The Morgan fingerprint density at radius 3 is 2.60 bits per heavy atom. The third-order valence-electron chi connectivity index (χ3n) is 2.78. The first kappa shape index (κ1) is 10.4. The van der Waals surface area contributed by atoms with Crippen LogP contribution in [-0.4, -0.2) is 12.0 Å². The molecule has 0 heterocycles. The Labute approximate surface area is 88.5 Å². The first-order chi connectivity index (χ1) is 7.16. The molecule has 0 radical (unpaired) electrons. The first-order valence-electron chi connectivity index (χ1n) is 5.35. The maximum Gasteiger partial charge on any atom is 0.250 e. The van der Waals surface area contributed by atoms with E-state index < -0.39 is 5.92 Å². The maximum absolute atomic E-state index is 13.1. The third kappa shape index (κ3) is 2.91. The van der Waals surface area contributed by atoms with Crippen molar-refractivity contribution in [2.75, 3.05) is 5.32 Å². The van der Waals surface area contributed by atoms with Gasteiger partial charge >= 0.3 is 0 Å². The molecule has 0 aromatic heterocycles. The van der Waals surface area contributed by atoms with Crippen molar-refractivity contribution in [2.45, 2.75) is 37.6 Å². The third-order valence-corrected chi connectivity index (χ3v) is 2.78. The standard InChI is InChI=1S/C12H15F2N/c13-12(14)8-4-7-11(9-12)15-10-5-2-1-3-6-10/h1-3,5-6,11,15H,4,7-9H2/t11-/m1/s1. The molecule has 1 saturated carbocycles. The zero-order valence-corrected chi connectivity index (χ0v) is 8.55. The Kier molecular flexibility index (Phi) is 2.89. The van der Waals surface area contributed by atoms with E-state index in [-0.39, 0.29) is 18.9 Å². The van der Waals surface area contributed by atoms with Gasteiger partial charge < -0.3 is 5.32 Å². The summed E-state index contributed by atoms with van der Waals surface area (Å²) in [6, 6.07) is 9.46. The number of para-hydroxylation sites is 1. The van der Waals surface area contributed by atoms with Crippen LogP contribution >= 0.6 is 0 Å². The first-order valence-corrected chi connectivity index (χ1v) is 5.35. The van der Waals surface area contributed by atoms with Crippen LogP contribution < -0.4 is 5.32 Å². The quantitative estimate of drug-likeness (QED) is 0.786. The van der Waals surface area contributed by atoms with Crippen molar-refractivity contribution in [1.29, 1.82) is 0 Å². The van der Waals surface area contributed by atoms with Gasteiger partial charge in [-0.05, 0) is 25.0 Å². The van der Waals surface area contributed by atoms with Crippen LogP contribution in [0.15, 0.2) is 30.3 Å². The van der Waals surface area contributed by atoms with Crippen molar-refractivity contribution >= 4 is 5.69 Å². The van der Waals surface area contributed by atoms with Crippen LogP contribution in [0, 0.1) is 0 Å². The summed E-state index contributed by atoms with van der Waals surface area (Å²) < 4.78 is 26.2. The highest BCUT2D eigenvalue weighted by molar-refractivity contribution is 5.43. The van der Waals surface area contributed by atoms with Crippen LogP contribution in [0.3, 0.4) is 0 Å². The molecule has 1 aromatic carbocycles. The number of nitrogens with one attached hydrogen (secondary N) is 1. The van der Waals surface area contributed by atoms with Crippen LogP contribution in [0.4, 0.5) is 14.5 Å². The van der Waals surface area contributed by atoms with Crippen LogP contribution in [0.1, 0.15) is 25.7 Å². The molecule has 2 rings (SSSR count). The summed E-state index contributed by atoms with van der Waals surface area (Å²) in [6.45, 7) is 0. The molecule has 1 nitrogen and oxygen atoms in total. The molecule has 1 fully saturated rings. The van der Waals surface area contributed by atoms with Gasteiger partial charge in [0, 0.05) is 24.6 Å². The van der Waals surface area contributed by atoms with Gasteiger partial charge in [-0.2, -0.15) is 0 Å². The number of hydrogen-bond acceptors (Lipinski definition) is 1. The van der Waals surface area contributed by atoms with Gasteiger partial charge in [-0.15, -0.1) is 0 Å². The zero-order chi connectivity index (χ0) is 10.7. The van der Waals surface area contributed by atoms with E-state index >= 15 is 0 Å². The van der Waals surface area contributed by atoms with E-state index in [1.807, 2.05) is 30.3 Å². The fourth-order valence-electron chi connectivity index (χ4n) is 2.06. The van der Waals surface area contributed by atoms with Crippen LogP contribution in [0.25, 0.3) is 0 Å². The van der Waals surface area contributed by atoms with E-state index in [1.165, 1.54) is 0 Å². The topological polar surface area (TPSA) is 12.0 Å². The monoisotopic (exact) mass is 211 g/mol. The van der Waals surface area contributed by atoms with E-state index in [2.05, 4.69) is 5.32 Å². The number of halogens is 2. The van der Waals surface area contributed by atoms with Crippen LogP contribution in [-0.2, 0) is 0 Å². The lowest BCUT2D eigenvalue weighted by molar-refractivity contribution is -0.0373. The summed E-state index contributed by atoms with van der Waals surface area (Å²) >= 11 is 0. The minimum atomic E-state index is -2.48. The molecule has 15 heavy (non-hydrogen) atoms. The lowest BCUT2D eigenvalue weighted by Crippen LogP contribution is -2.34. The molecule has 0 unspecified atom stereocenters. The maximum atomic E-state index is 13.1. The predicted molar refractivity (Wildman–Crippen MR) is 57.3 cm³/mol. The Hall–Kier alpha value is -1.12. The average molecular weight is 211 g/mol. The van der Waals surface area contributed by atoms with Gasteiger partial charge in [-0.25, -0.2) is 8.78 Å². The average Bonchev–Trinajstić information content (AvgIpc) is 2.17. The van der Waals surface area contributed by atoms with Gasteiger partial charge in [0.15, 0.2) is 0 Å². The van der Waals surface area contributed by atoms with Crippen LogP contribution in [0.5, 0.6) is 0 Å². The smallest absolute Gasteiger partial charge is 0.250 e. The Bertz CT molecular complexity index is 311. The molecule has 1 N–H and O–H groups in total. The van der Waals surface area contributed by atoms with Gasteiger partial charge in [0.05, 0.1) is 0 Å². The number of hydrogen-bond donors (Lipinski definition) is 1. The molecule has 0 saturated heterocycles. The van der Waals surface area contributed by atoms with Crippen molar-refractivity contribution in [1.82, 2.24) is 0 Å². The second-order valence-corrected chi connectivity index (χ2v) is 4.16. The van der Waals surface area contributed by atoms with Crippen molar-refractivity contribution in [3.05, 3.63) is 30.3 Å². The van der Waals surface area contributed by atoms with Gasteiger partial charge in [0.2, 0.25) is 5.92 Å². The SMILES string of the molecule is FC1(F)CCC[C@@H](Nc2ccccc2)C1. The molecule has 1 atom stereocenters. The molecule has 1 aromatic rings. The van der Waals surface area contributed by atoms with E-state index in [4.69, 9.17) is 0 Å². The Balaban J connectivity index is 1.95. The molecule has 3 heteroatoms. The largest absolute Gasteiger partial charge is 0.382 e. The highest BCUT2D eigenvalue weighted by atomic mass is 19.3. The lowest BCUT2D eigenvalue weighted by Gasteiger charge is -2.30. The van der Waals surface area contributed by atoms with Gasteiger partial charge in [-0.1, -0.05) is 18.2 Å². The van der Waals surface area contributed by atoms with Crippen molar-refractivity contribution in [3.8, 4) is 0 Å². The second kappa shape index (κ2) is 4.17. The van der Waals surface area contributed by atoms with Crippen LogP contribution in [0.2, 0.25) is 0 Å². The molecule has 0 amide bonds. The van der Waals surface area contributed by atoms with E-state index in [1.54, 1.807) is 0 Å². The Morgan fingerprint density at radius 1 is 1.20 bits per heavy atom. The molecule has 0 spiro atoms. The summed E-state index contributed by atoms with van der Waals surface area (Å²) in [5.74, 6) is -2.48. The minimum Gasteiger partial charge on any atom is -0.382 e. The van der Waals surface area contributed by atoms with Gasteiger partial charge in [-0.3, -0.25) is 0 Å². The molecule has 0 bridgehead atoms. The van der Waals surface area contributed by atoms with Crippen molar-refractivity contribution in [2.24, 2.45) is 0 Å². The normalized spacial score (nSPS) is 24.8. The predicted octanol–water partition coefficient (Wildman–Crippen LogP) is 3.68. The highest BCUT2D eigenvalue weighted by Gasteiger charge is 2.36. The minimum absolute atomic E-state index is 0.0398. The summed E-state index contributed by atoms with van der Waals surface area (Å²) in [6.07, 6.45) is 1.45. The lowest BCUT2D eigenvalue weighted by atomic mass is 9.92. The number of rotatable bonds is 2. The molecule has 1 aliphatic carbocycles. The van der Waals surface area contributed by atoms with E-state index in [0.717, 1.165) is 12.1 Å². The second-order valence-electron chi connectivity index (χ2n) is 4.16. The summed E-state index contributed by atoms with van der Waals surface area (Å²) in [5, 5.41) is 3.16. The highest BCUT2D eigenvalue weighted by Crippen LogP contribution is 2.34. The number of alkyl halides is 2. The van der Waals surface area contributed by atoms with E-state index in [0.29, 0.717) is 6.42 Å². The fourth-order valence-corrected chi connectivity index (χ4v) is 2.06. The number of anilines is 1. The zero-order valence-electron chi connectivity index (χ0n) is 8.55. The molecule has 0 aliphatic heterocycles. The van der Waals surface area contributed by atoms with E-state index in [9.17, 15) is 8.78 Å². The molecular weight excluding hydrogens is 196 g/mol. The molecular formula is C12H15F2N. The summed E-state index contributed by atoms with van der Waals surface area (Å²) in [5.41, 5.74) is 0.931. The Morgan fingerprint density at radius 2 is 1.93 bits per heavy atom. The fraction of sp³-hybridized carbons (Fsp3) is 0.500. The summed E-state index contributed by atoms with van der Waals surface area (Å²) in [7, 11) is 0.